The number of nitrogens with two attached hydrogens (primary N) is 1. The van der Waals surface area contributed by atoms with Crippen LogP contribution in [0.25, 0.3) is 0 Å². The molecule has 0 bridgehead atoms. The minimum Gasteiger partial charge on any atom is -0.322 e. The molecular formula is C17H39N5. The van der Waals surface area contributed by atoms with Gasteiger partial charge in [-0.15, -0.1) is 5.11 Å². The Hall–Kier alpha value is -0.970. The first-order valence-electron chi connectivity index (χ1n) is 9.12. The summed E-state index contributed by atoms with van der Waals surface area (Å²) in [5, 5.41) is 9.13. The van der Waals surface area contributed by atoms with Gasteiger partial charge in [-0.05, 0) is 25.9 Å². The zero-order valence-corrected chi connectivity index (χ0v) is 14.9. The molecule has 0 aromatic rings. The molecule has 0 saturated carbocycles. The summed E-state index contributed by atoms with van der Waals surface area (Å²) in [6.45, 7) is 7.03. The lowest BCUT2D eigenvalue weighted by molar-refractivity contribution is 0.543. The van der Waals surface area contributed by atoms with Crippen molar-refractivity contribution in [2.45, 2.75) is 90.9 Å². The van der Waals surface area contributed by atoms with Crippen molar-refractivity contribution >= 4 is 6.34 Å². The maximum Gasteiger partial charge on any atom is 0.156 e. The molecule has 5 heteroatoms. The Morgan fingerprint density at radius 2 is 1.18 bits per heavy atom. The Morgan fingerprint density at radius 3 is 1.50 bits per heavy atom. The number of nitrogens with zero attached hydrogens (tertiary/aromatic N) is 2. The van der Waals surface area contributed by atoms with Gasteiger partial charge in [0, 0.05) is 0 Å². The van der Waals surface area contributed by atoms with Crippen molar-refractivity contribution in [3.05, 3.63) is 0 Å². The first-order valence-corrected chi connectivity index (χ1v) is 9.12. The van der Waals surface area contributed by atoms with Gasteiger partial charge in [0.05, 0.1) is 0 Å². The van der Waals surface area contributed by atoms with Gasteiger partial charge in [-0.1, -0.05) is 78.1 Å². The summed E-state index contributed by atoms with van der Waals surface area (Å²) in [7, 11) is 0. The molecule has 0 spiro atoms. The highest BCUT2D eigenvalue weighted by atomic mass is 15.2. The molecule has 0 rings (SSSR count). The van der Waals surface area contributed by atoms with Gasteiger partial charge in [-0.25, -0.2) is 5.53 Å². The van der Waals surface area contributed by atoms with Crippen molar-refractivity contribution in [1.82, 2.24) is 5.32 Å². The van der Waals surface area contributed by atoms with Crippen LogP contribution in [0, 0.1) is 5.53 Å². The minimum absolute atomic E-state index is 0.944. The van der Waals surface area contributed by atoms with Crippen LogP contribution in [0.5, 0.6) is 0 Å². The molecule has 0 saturated heterocycles. The molecule has 0 aliphatic carbocycles. The second-order valence-corrected chi connectivity index (χ2v) is 5.68. The maximum atomic E-state index is 6.00. The van der Waals surface area contributed by atoms with Crippen molar-refractivity contribution in [2.75, 3.05) is 13.1 Å². The van der Waals surface area contributed by atoms with E-state index in [1.807, 2.05) is 0 Å². The van der Waals surface area contributed by atoms with E-state index in [1.54, 1.807) is 0 Å². The van der Waals surface area contributed by atoms with E-state index in [-0.39, 0.29) is 0 Å². The van der Waals surface area contributed by atoms with Crippen LogP contribution in [-0.4, -0.2) is 19.4 Å². The Kier molecular flexibility index (Phi) is 26.5. The molecular weight excluding hydrogens is 274 g/mol. The SMILES string of the molecule is CCCCCCCCNCCCCCCCC.N=NC=NN. The van der Waals surface area contributed by atoms with Crippen LogP contribution in [0.1, 0.15) is 90.9 Å². The molecule has 0 heterocycles. The summed E-state index contributed by atoms with van der Waals surface area (Å²) in [5.74, 6) is 4.49. The van der Waals surface area contributed by atoms with Gasteiger partial charge in [0.25, 0.3) is 0 Å². The highest BCUT2D eigenvalue weighted by Crippen LogP contribution is 2.05. The van der Waals surface area contributed by atoms with Gasteiger partial charge >= 0.3 is 0 Å². The Balaban J connectivity index is 0. The third kappa shape index (κ3) is 27.4. The fourth-order valence-corrected chi connectivity index (χ4v) is 2.22. The highest BCUT2D eigenvalue weighted by Gasteiger charge is 1.92. The molecule has 0 aromatic carbocycles. The van der Waals surface area contributed by atoms with Crippen LogP contribution < -0.4 is 11.2 Å². The number of hydrogen-bond acceptors (Lipinski definition) is 4. The first kappa shape index (κ1) is 23.3. The molecule has 0 aromatic heterocycles. The molecule has 4 N–H and O–H groups in total. The van der Waals surface area contributed by atoms with Gasteiger partial charge < -0.3 is 11.2 Å². The van der Waals surface area contributed by atoms with E-state index in [9.17, 15) is 0 Å². The lowest BCUT2D eigenvalue weighted by atomic mass is 10.1. The maximum absolute atomic E-state index is 6.00. The molecule has 22 heavy (non-hydrogen) atoms. The average molecular weight is 314 g/mol. The monoisotopic (exact) mass is 313 g/mol. The fraction of sp³-hybridized carbons (Fsp3) is 0.941. The molecule has 0 aliphatic heterocycles. The lowest BCUT2D eigenvalue weighted by Crippen LogP contribution is -2.16. The average Bonchev–Trinajstić information content (AvgIpc) is 2.53. The largest absolute Gasteiger partial charge is 0.322 e. The third-order valence-corrected chi connectivity index (χ3v) is 3.54. The van der Waals surface area contributed by atoms with E-state index in [4.69, 9.17) is 5.53 Å². The number of nitrogens with one attached hydrogen (secondary N) is 2. The van der Waals surface area contributed by atoms with Crippen LogP contribution in [-0.2, 0) is 0 Å². The standard InChI is InChI=1S/C16H35N.CH4N4/c1-3-5-7-9-11-13-15-17-16-14-12-10-8-6-4-2;2-4-1-5-3/h17H,3-16H2,1-2H3;1-2H,3H2. The van der Waals surface area contributed by atoms with Crippen LogP contribution in [0.3, 0.4) is 0 Å². The van der Waals surface area contributed by atoms with E-state index in [0.29, 0.717) is 0 Å². The van der Waals surface area contributed by atoms with E-state index < -0.39 is 0 Å². The second-order valence-electron chi connectivity index (χ2n) is 5.68. The van der Waals surface area contributed by atoms with Gasteiger partial charge in [-0.2, -0.15) is 5.10 Å². The van der Waals surface area contributed by atoms with E-state index in [0.717, 1.165) is 6.34 Å². The summed E-state index contributed by atoms with van der Waals surface area (Å²) in [6.07, 6.45) is 17.8. The predicted octanol–water partition coefficient (Wildman–Crippen LogP) is 5.22. The van der Waals surface area contributed by atoms with E-state index in [1.165, 1.54) is 90.1 Å². The van der Waals surface area contributed by atoms with E-state index in [2.05, 4.69) is 35.2 Å². The van der Waals surface area contributed by atoms with Crippen molar-refractivity contribution in [3.8, 4) is 0 Å². The predicted molar refractivity (Wildman–Crippen MR) is 97.4 cm³/mol. The van der Waals surface area contributed by atoms with Crippen molar-refractivity contribution in [2.24, 2.45) is 16.1 Å². The van der Waals surface area contributed by atoms with Gasteiger partial charge in [0.1, 0.15) is 0 Å². The van der Waals surface area contributed by atoms with Crippen LogP contribution in [0.15, 0.2) is 10.2 Å². The zero-order chi connectivity index (χ0) is 16.7. The van der Waals surface area contributed by atoms with Crippen LogP contribution in [0.2, 0.25) is 0 Å². The van der Waals surface area contributed by atoms with Crippen molar-refractivity contribution in [1.29, 1.82) is 5.53 Å². The number of hydrazone groups is 1. The lowest BCUT2D eigenvalue weighted by Gasteiger charge is -2.04. The summed E-state index contributed by atoms with van der Waals surface area (Å²) >= 11 is 0. The van der Waals surface area contributed by atoms with Gasteiger partial charge in [-0.3, -0.25) is 0 Å². The molecule has 132 valence electrons. The summed E-state index contributed by atoms with van der Waals surface area (Å²) in [4.78, 5) is 0. The van der Waals surface area contributed by atoms with Crippen molar-refractivity contribution < 1.29 is 0 Å². The minimum atomic E-state index is 0.944. The quantitative estimate of drug-likeness (QED) is 0.0967. The summed E-state index contributed by atoms with van der Waals surface area (Å²) in [5.41, 5.74) is 6.00. The Bertz CT molecular complexity index is 205. The zero-order valence-electron chi connectivity index (χ0n) is 14.9. The van der Waals surface area contributed by atoms with Gasteiger partial charge in [0.15, 0.2) is 6.34 Å². The van der Waals surface area contributed by atoms with Crippen LogP contribution >= 0.6 is 0 Å². The smallest absolute Gasteiger partial charge is 0.156 e. The van der Waals surface area contributed by atoms with E-state index >= 15 is 0 Å². The third-order valence-electron chi connectivity index (χ3n) is 3.54. The van der Waals surface area contributed by atoms with Gasteiger partial charge in [0.2, 0.25) is 0 Å². The molecule has 0 unspecified atom stereocenters. The molecule has 0 radical (unpaired) electrons. The second kappa shape index (κ2) is 25.0. The van der Waals surface area contributed by atoms with Crippen LogP contribution in [0.4, 0.5) is 0 Å². The number of rotatable bonds is 15. The molecule has 0 atom stereocenters. The fourth-order valence-electron chi connectivity index (χ4n) is 2.22. The normalized spacial score (nSPS) is 10.5. The Morgan fingerprint density at radius 1 is 0.773 bits per heavy atom. The Labute approximate surface area is 138 Å². The number of hydrogen-bond donors (Lipinski definition) is 3. The number of unbranched alkanes of at least 4 members (excludes halogenated alkanes) is 10. The topological polar surface area (TPSA) is 86.6 Å². The highest BCUT2D eigenvalue weighted by molar-refractivity contribution is 5.52. The molecule has 0 fully saturated rings. The summed E-state index contributed by atoms with van der Waals surface area (Å²) in [6, 6.07) is 0. The van der Waals surface area contributed by atoms with Crippen molar-refractivity contribution in [3.63, 3.8) is 0 Å². The molecule has 0 amide bonds. The summed E-state index contributed by atoms with van der Waals surface area (Å²) < 4.78 is 0. The molecule has 5 nitrogen and oxygen atoms in total. The molecule has 0 aliphatic rings. The first-order chi connectivity index (χ1) is 10.8.